The fraction of sp³-hybridized carbons (Fsp3) is 0.500. The minimum Gasteiger partial charge on any atom is -0.312 e. The van der Waals surface area contributed by atoms with Gasteiger partial charge in [-0.2, -0.15) is 5.48 Å². The van der Waals surface area contributed by atoms with E-state index >= 15 is 0 Å². The van der Waals surface area contributed by atoms with Crippen LogP contribution in [0.3, 0.4) is 0 Å². The Balaban J connectivity index is 2.26. The first-order valence-electron chi connectivity index (χ1n) is 6.82. The minimum absolute atomic E-state index is 0.0729. The number of nitrogens with one attached hydrogen (secondary N) is 2. The summed E-state index contributed by atoms with van der Waals surface area (Å²) in [6.07, 6.45) is 1.59. The van der Waals surface area contributed by atoms with Crippen molar-refractivity contribution in [2.45, 2.75) is 32.1 Å². The molecule has 1 aromatic heterocycles. The van der Waals surface area contributed by atoms with Crippen molar-refractivity contribution in [3.63, 3.8) is 0 Å². The molecule has 2 atom stereocenters. The molecule has 1 saturated heterocycles. The van der Waals surface area contributed by atoms with Crippen LogP contribution in [0.5, 0.6) is 0 Å². The molecular weight excluding hydrogens is 272 g/mol. The third kappa shape index (κ3) is 1.47. The normalized spacial score (nSPS) is 30.6. The zero-order valence-corrected chi connectivity index (χ0v) is 12.4. The summed E-state index contributed by atoms with van der Waals surface area (Å²) in [4.78, 5) is 36.2. The van der Waals surface area contributed by atoms with E-state index in [1.165, 1.54) is 12.0 Å². The summed E-state index contributed by atoms with van der Waals surface area (Å²) in [6.45, 7) is 5.58. The summed E-state index contributed by atoms with van der Waals surface area (Å²) in [5.74, 6) is -1.79. The van der Waals surface area contributed by atoms with Crippen LogP contribution in [0.4, 0.5) is 0 Å². The van der Waals surface area contributed by atoms with E-state index in [2.05, 4.69) is 15.8 Å². The molecule has 2 aliphatic rings. The van der Waals surface area contributed by atoms with Crippen LogP contribution in [0.15, 0.2) is 18.3 Å². The van der Waals surface area contributed by atoms with Crippen LogP contribution in [0, 0.1) is 5.92 Å². The molecule has 0 bridgehead atoms. The number of pyridine rings is 1. The number of carbonyl (C=O) groups excluding carboxylic acids is 2. The van der Waals surface area contributed by atoms with Gasteiger partial charge in [0.25, 0.3) is 5.91 Å². The van der Waals surface area contributed by atoms with Gasteiger partial charge in [0.05, 0.1) is 12.7 Å². The molecule has 0 aliphatic carbocycles. The van der Waals surface area contributed by atoms with Crippen LogP contribution < -0.4 is 10.8 Å². The first-order valence-corrected chi connectivity index (χ1v) is 6.82. The zero-order chi connectivity index (χ0) is 15.4. The number of aromatic nitrogens is 1. The SMILES string of the molecule is CONC12NC(=O)C(C)(C(C)C)N1C(=O)c1cccnc12. The highest BCUT2D eigenvalue weighted by atomic mass is 16.6. The molecule has 2 amide bonds. The molecule has 1 fully saturated rings. The minimum atomic E-state index is -1.25. The summed E-state index contributed by atoms with van der Waals surface area (Å²) < 4.78 is 0. The molecule has 3 heterocycles. The van der Waals surface area contributed by atoms with Crippen molar-refractivity contribution in [1.82, 2.24) is 20.7 Å². The Hall–Kier alpha value is -1.99. The monoisotopic (exact) mass is 290 g/mol. The van der Waals surface area contributed by atoms with Gasteiger partial charge in [-0.05, 0) is 25.0 Å². The van der Waals surface area contributed by atoms with E-state index in [9.17, 15) is 9.59 Å². The van der Waals surface area contributed by atoms with Gasteiger partial charge in [0.1, 0.15) is 11.2 Å². The van der Waals surface area contributed by atoms with Gasteiger partial charge in [-0.25, -0.2) is 0 Å². The van der Waals surface area contributed by atoms with Crippen molar-refractivity contribution in [3.05, 3.63) is 29.6 Å². The summed E-state index contributed by atoms with van der Waals surface area (Å²) in [5, 5.41) is 2.86. The van der Waals surface area contributed by atoms with Crippen molar-refractivity contribution >= 4 is 11.8 Å². The predicted molar refractivity (Wildman–Crippen MR) is 73.6 cm³/mol. The van der Waals surface area contributed by atoms with E-state index in [1.807, 2.05) is 13.8 Å². The molecule has 2 N–H and O–H groups in total. The topological polar surface area (TPSA) is 83.6 Å². The Bertz CT molecular complexity index is 632. The highest BCUT2D eigenvalue weighted by Crippen LogP contribution is 2.46. The lowest BCUT2D eigenvalue weighted by molar-refractivity contribution is -0.127. The number of nitrogens with zero attached hydrogens (tertiary/aromatic N) is 2. The second-order valence-electron chi connectivity index (χ2n) is 5.81. The summed E-state index contributed by atoms with van der Waals surface area (Å²) >= 11 is 0. The van der Waals surface area contributed by atoms with Gasteiger partial charge in [-0.3, -0.25) is 19.5 Å². The zero-order valence-electron chi connectivity index (χ0n) is 12.4. The highest BCUT2D eigenvalue weighted by molar-refractivity contribution is 6.06. The molecular formula is C14H18N4O3. The maximum absolute atomic E-state index is 12.8. The maximum Gasteiger partial charge on any atom is 0.260 e. The van der Waals surface area contributed by atoms with Gasteiger partial charge in [0, 0.05) is 6.20 Å². The fourth-order valence-electron chi connectivity index (χ4n) is 3.10. The van der Waals surface area contributed by atoms with Gasteiger partial charge in [0.15, 0.2) is 0 Å². The molecule has 7 nitrogen and oxygen atoms in total. The first kappa shape index (κ1) is 14.0. The van der Waals surface area contributed by atoms with Crippen LogP contribution in [-0.4, -0.2) is 34.3 Å². The molecule has 1 aromatic rings. The van der Waals surface area contributed by atoms with Crippen molar-refractivity contribution in [1.29, 1.82) is 0 Å². The average Bonchev–Trinajstić information content (AvgIpc) is 2.82. The quantitative estimate of drug-likeness (QED) is 0.785. The lowest BCUT2D eigenvalue weighted by atomic mass is 9.87. The van der Waals surface area contributed by atoms with E-state index in [4.69, 9.17) is 4.84 Å². The van der Waals surface area contributed by atoms with E-state index < -0.39 is 11.3 Å². The Morgan fingerprint density at radius 1 is 1.43 bits per heavy atom. The standard InChI is InChI=1S/C14H18N4O3/c1-8(2)13(3)12(20)16-14(17-21-4)10-9(6-5-7-15-10)11(19)18(13)14/h5-8,17H,1-4H3,(H,16,20). The Morgan fingerprint density at radius 2 is 2.14 bits per heavy atom. The molecule has 2 aliphatic heterocycles. The van der Waals surface area contributed by atoms with Crippen molar-refractivity contribution < 1.29 is 14.4 Å². The van der Waals surface area contributed by atoms with Gasteiger partial charge >= 0.3 is 0 Å². The maximum atomic E-state index is 12.8. The number of rotatable bonds is 3. The van der Waals surface area contributed by atoms with E-state index in [0.717, 1.165) is 0 Å². The third-order valence-corrected chi connectivity index (χ3v) is 4.51. The third-order valence-electron chi connectivity index (χ3n) is 4.51. The van der Waals surface area contributed by atoms with Gasteiger partial charge in [0.2, 0.25) is 11.7 Å². The summed E-state index contributed by atoms with van der Waals surface area (Å²) in [6, 6.07) is 3.41. The average molecular weight is 290 g/mol. The lowest BCUT2D eigenvalue weighted by Gasteiger charge is -2.39. The lowest BCUT2D eigenvalue weighted by Crippen LogP contribution is -2.61. The second-order valence-corrected chi connectivity index (χ2v) is 5.81. The van der Waals surface area contributed by atoms with Gasteiger partial charge in [-0.15, -0.1) is 0 Å². The molecule has 0 radical (unpaired) electrons. The molecule has 21 heavy (non-hydrogen) atoms. The Morgan fingerprint density at radius 3 is 2.76 bits per heavy atom. The fourth-order valence-corrected chi connectivity index (χ4v) is 3.10. The van der Waals surface area contributed by atoms with Crippen LogP contribution in [0.25, 0.3) is 0 Å². The highest BCUT2D eigenvalue weighted by Gasteiger charge is 2.67. The van der Waals surface area contributed by atoms with Crippen LogP contribution >= 0.6 is 0 Å². The number of hydrogen-bond donors (Lipinski definition) is 2. The van der Waals surface area contributed by atoms with Crippen LogP contribution in [-0.2, 0) is 15.4 Å². The second kappa shape index (κ2) is 4.25. The Labute approximate surface area is 122 Å². The van der Waals surface area contributed by atoms with Crippen LogP contribution in [0.2, 0.25) is 0 Å². The van der Waals surface area contributed by atoms with Gasteiger partial charge in [-0.1, -0.05) is 13.8 Å². The summed E-state index contributed by atoms with van der Waals surface area (Å²) in [5.41, 5.74) is 2.69. The largest absolute Gasteiger partial charge is 0.312 e. The number of hydroxylamine groups is 1. The number of amides is 2. The Kier molecular flexibility index (Phi) is 2.83. The molecule has 7 heteroatoms. The van der Waals surface area contributed by atoms with Crippen molar-refractivity contribution in [2.75, 3.05) is 7.11 Å². The molecule has 112 valence electrons. The molecule has 3 rings (SSSR count). The van der Waals surface area contributed by atoms with E-state index in [0.29, 0.717) is 11.3 Å². The number of hydrogen-bond acceptors (Lipinski definition) is 5. The van der Waals surface area contributed by atoms with Crippen LogP contribution in [0.1, 0.15) is 36.8 Å². The van der Waals surface area contributed by atoms with Crippen molar-refractivity contribution in [2.24, 2.45) is 5.92 Å². The molecule has 0 spiro atoms. The first-order chi connectivity index (χ1) is 9.89. The summed E-state index contributed by atoms with van der Waals surface area (Å²) in [7, 11) is 1.44. The van der Waals surface area contributed by atoms with Crippen molar-refractivity contribution in [3.8, 4) is 0 Å². The smallest absolute Gasteiger partial charge is 0.260 e. The van der Waals surface area contributed by atoms with Gasteiger partial charge < -0.3 is 10.2 Å². The predicted octanol–water partition coefficient (Wildman–Crippen LogP) is 0.343. The molecule has 2 unspecified atom stereocenters. The van der Waals surface area contributed by atoms with E-state index in [1.54, 1.807) is 25.3 Å². The number of carbonyl (C=O) groups is 2. The molecule has 0 saturated carbocycles. The molecule has 0 aromatic carbocycles. The number of fused-ring (bicyclic) bond motifs is 3. The van der Waals surface area contributed by atoms with E-state index in [-0.39, 0.29) is 17.7 Å².